The minimum Gasteiger partial charge on any atom is -0.394 e. The molecule has 0 aliphatic heterocycles. The Bertz CT molecular complexity index is 1380. The van der Waals surface area contributed by atoms with E-state index in [9.17, 15) is 13.5 Å². The van der Waals surface area contributed by atoms with Crippen molar-refractivity contribution >= 4 is 48.4 Å². The fourth-order valence-corrected chi connectivity index (χ4v) is 4.74. The summed E-state index contributed by atoms with van der Waals surface area (Å²) in [5, 5.41) is 14.7. The Morgan fingerprint density at radius 3 is 2.35 bits per heavy atom. The molecule has 4 aromatic rings. The monoisotopic (exact) mass is 440 g/mol. The van der Waals surface area contributed by atoms with Crippen LogP contribution >= 0.6 is 0 Å². The van der Waals surface area contributed by atoms with Gasteiger partial charge in [-0.1, -0.05) is 42.5 Å². The molecule has 1 unspecified atom stereocenters. The van der Waals surface area contributed by atoms with E-state index in [1.54, 1.807) is 0 Å². The average molecular weight is 441 g/mol. The maximum Gasteiger partial charge on any atom is 0.264 e. The summed E-state index contributed by atoms with van der Waals surface area (Å²) in [7, 11) is -1.75. The first kappa shape index (κ1) is 21.6. The Labute approximate surface area is 182 Å². The second-order valence-corrected chi connectivity index (χ2v) is 9.93. The van der Waals surface area contributed by atoms with E-state index in [1.165, 1.54) is 0 Å². The molecule has 0 fully saturated rings. The minimum atomic E-state index is -3.64. The third-order valence-electron chi connectivity index (χ3n) is 6.14. The molecule has 0 aliphatic rings. The molecule has 1 atom stereocenters. The van der Waals surface area contributed by atoms with E-state index < -0.39 is 15.7 Å². The van der Waals surface area contributed by atoms with Crippen molar-refractivity contribution in [2.24, 2.45) is 0 Å². The summed E-state index contributed by atoms with van der Waals surface area (Å²) < 4.78 is 30.7. The van der Waals surface area contributed by atoms with Gasteiger partial charge >= 0.3 is 0 Å². The largest absolute Gasteiger partial charge is 0.394 e. The molecular formula is C24H28N2O4S. The Balaban J connectivity index is 2.07. The van der Waals surface area contributed by atoms with Crippen LogP contribution in [0.2, 0.25) is 0 Å². The van der Waals surface area contributed by atoms with Crippen molar-refractivity contribution in [1.29, 1.82) is 0 Å². The van der Waals surface area contributed by atoms with Gasteiger partial charge in [0.15, 0.2) is 0 Å². The average Bonchev–Trinajstić information content (AvgIpc) is 3.08. The van der Waals surface area contributed by atoms with E-state index in [4.69, 9.17) is 4.18 Å². The quantitative estimate of drug-likeness (QED) is 0.438. The molecule has 0 radical (unpaired) electrons. The van der Waals surface area contributed by atoms with Crippen LogP contribution in [0.15, 0.2) is 54.6 Å². The lowest BCUT2D eigenvalue weighted by atomic mass is 9.97. The van der Waals surface area contributed by atoms with E-state index in [0.29, 0.717) is 0 Å². The van der Waals surface area contributed by atoms with Gasteiger partial charge in [0.25, 0.3) is 10.1 Å². The van der Waals surface area contributed by atoms with Crippen molar-refractivity contribution in [2.75, 3.05) is 31.4 Å². The van der Waals surface area contributed by atoms with E-state index in [2.05, 4.69) is 41.8 Å². The fourth-order valence-electron chi connectivity index (χ4n) is 4.27. The number of likely N-dealkylation sites (N-methyl/N-ethyl adjacent to an activating group) is 1. The maximum absolute atomic E-state index is 11.7. The molecule has 0 spiro atoms. The zero-order valence-corrected chi connectivity index (χ0v) is 19.1. The van der Waals surface area contributed by atoms with E-state index >= 15 is 0 Å². The summed E-state index contributed by atoms with van der Waals surface area (Å²) in [5.41, 5.74) is 2.20. The lowest BCUT2D eigenvalue weighted by molar-refractivity contribution is 0.146. The lowest BCUT2D eigenvalue weighted by Crippen LogP contribution is -2.51. The topological polar surface area (TPSA) is 71.8 Å². The molecule has 0 saturated heterocycles. The van der Waals surface area contributed by atoms with Crippen molar-refractivity contribution in [3.63, 3.8) is 0 Å². The van der Waals surface area contributed by atoms with Gasteiger partial charge in [-0.25, -0.2) is 0 Å². The van der Waals surface area contributed by atoms with E-state index in [-0.39, 0.29) is 13.2 Å². The van der Waals surface area contributed by atoms with E-state index in [0.717, 1.165) is 51.1 Å². The lowest BCUT2D eigenvalue weighted by Gasteiger charge is -2.39. The van der Waals surface area contributed by atoms with Crippen molar-refractivity contribution in [1.82, 2.24) is 4.57 Å². The first-order chi connectivity index (χ1) is 14.7. The number of aliphatic hydroxyl groups is 1. The number of aliphatic hydroxyl groups excluding tert-OH is 1. The van der Waals surface area contributed by atoms with Crippen LogP contribution in [0.1, 0.15) is 13.8 Å². The molecule has 1 aromatic heterocycles. The van der Waals surface area contributed by atoms with Gasteiger partial charge in [-0.05, 0) is 31.4 Å². The van der Waals surface area contributed by atoms with Crippen molar-refractivity contribution in [2.45, 2.75) is 25.9 Å². The molecule has 1 heterocycles. The number of fused-ring (bicyclic) bond motifs is 4. The first-order valence-corrected chi connectivity index (χ1v) is 12.1. The number of aryl methyl sites for hydroxylation is 1. The van der Waals surface area contributed by atoms with Gasteiger partial charge in [0.05, 0.1) is 36.2 Å². The van der Waals surface area contributed by atoms with E-state index in [1.807, 2.05) is 43.1 Å². The fraction of sp³-hybridized carbons (Fsp3) is 0.333. The summed E-state index contributed by atoms with van der Waals surface area (Å²) in [4.78, 5) is 1.97. The molecule has 6 nitrogen and oxygen atoms in total. The molecule has 0 amide bonds. The molecule has 0 saturated carbocycles. The summed E-state index contributed by atoms with van der Waals surface area (Å²) in [6.07, 6.45) is 1.02. The Morgan fingerprint density at radius 1 is 1.06 bits per heavy atom. The summed E-state index contributed by atoms with van der Waals surface area (Å²) >= 11 is 0. The van der Waals surface area contributed by atoms with Crippen LogP contribution < -0.4 is 4.90 Å². The molecule has 4 rings (SSSR count). The number of rotatable bonds is 7. The molecular weight excluding hydrogens is 412 g/mol. The molecule has 7 heteroatoms. The van der Waals surface area contributed by atoms with Crippen molar-refractivity contribution < 1.29 is 17.7 Å². The van der Waals surface area contributed by atoms with Crippen LogP contribution in [-0.2, 0) is 20.8 Å². The second-order valence-electron chi connectivity index (χ2n) is 8.28. The SMILES string of the molecule is CCn1c2ccccc2c2cc3ccccc3c(N(C)C(C)(CO)COS(C)(=O)=O)c21. The Morgan fingerprint density at radius 2 is 1.71 bits per heavy atom. The van der Waals surface area contributed by atoms with Gasteiger partial charge in [0.1, 0.15) is 0 Å². The number of benzene rings is 3. The van der Waals surface area contributed by atoms with Gasteiger partial charge in [0, 0.05) is 35.3 Å². The molecule has 0 aliphatic carbocycles. The van der Waals surface area contributed by atoms with Crippen LogP contribution in [0, 0.1) is 0 Å². The smallest absolute Gasteiger partial charge is 0.264 e. The Kier molecular flexibility index (Phi) is 5.45. The number of anilines is 1. The second kappa shape index (κ2) is 7.82. The molecule has 31 heavy (non-hydrogen) atoms. The molecule has 1 N–H and O–H groups in total. The van der Waals surface area contributed by atoms with Crippen LogP contribution in [0.3, 0.4) is 0 Å². The normalized spacial score (nSPS) is 14.4. The van der Waals surface area contributed by atoms with Crippen molar-refractivity contribution in [3.8, 4) is 0 Å². The molecule has 164 valence electrons. The third kappa shape index (κ3) is 3.67. The number of hydrogen-bond donors (Lipinski definition) is 1. The van der Waals surface area contributed by atoms with Gasteiger partial charge < -0.3 is 14.6 Å². The highest BCUT2D eigenvalue weighted by atomic mass is 32.2. The Hall–Kier alpha value is -2.61. The van der Waals surface area contributed by atoms with Crippen LogP contribution in [0.4, 0.5) is 5.69 Å². The maximum atomic E-state index is 11.7. The van der Waals surface area contributed by atoms with Crippen LogP contribution in [0.5, 0.6) is 0 Å². The van der Waals surface area contributed by atoms with Gasteiger partial charge in [-0.15, -0.1) is 0 Å². The van der Waals surface area contributed by atoms with Gasteiger partial charge in [-0.3, -0.25) is 4.18 Å². The minimum absolute atomic E-state index is 0.157. The predicted octanol–water partition coefficient (Wildman–Crippen LogP) is 4.13. The highest BCUT2D eigenvalue weighted by molar-refractivity contribution is 7.85. The molecule has 0 bridgehead atoms. The predicted molar refractivity (Wildman–Crippen MR) is 127 cm³/mol. The standard InChI is InChI=1S/C24H28N2O4S/c1-5-26-21-13-9-8-12-19(21)20-14-17-10-6-7-11-18(17)22(23(20)26)25(3)24(2,15-27)16-30-31(4,28)29/h6-14,27H,5,15-16H2,1-4H3. The highest BCUT2D eigenvalue weighted by Gasteiger charge is 2.33. The van der Waals surface area contributed by atoms with Crippen LogP contribution in [0.25, 0.3) is 32.6 Å². The number of hydrogen-bond acceptors (Lipinski definition) is 5. The molecule has 3 aromatic carbocycles. The summed E-state index contributed by atoms with van der Waals surface area (Å²) in [5.74, 6) is 0. The van der Waals surface area contributed by atoms with Gasteiger partial charge in [0.2, 0.25) is 0 Å². The third-order valence-corrected chi connectivity index (χ3v) is 6.68. The first-order valence-electron chi connectivity index (χ1n) is 10.3. The summed E-state index contributed by atoms with van der Waals surface area (Å²) in [6.45, 7) is 4.28. The zero-order valence-electron chi connectivity index (χ0n) is 18.3. The highest BCUT2D eigenvalue weighted by Crippen LogP contribution is 2.42. The zero-order chi connectivity index (χ0) is 22.4. The number of aromatic nitrogens is 1. The number of nitrogens with zero attached hydrogens (tertiary/aromatic N) is 2. The summed E-state index contributed by atoms with van der Waals surface area (Å²) in [6, 6.07) is 18.7. The number of para-hydroxylation sites is 1. The van der Waals surface area contributed by atoms with Crippen molar-refractivity contribution in [3.05, 3.63) is 54.6 Å². The van der Waals surface area contributed by atoms with Crippen LogP contribution in [-0.4, -0.2) is 50.1 Å². The van der Waals surface area contributed by atoms with Gasteiger partial charge in [-0.2, -0.15) is 8.42 Å².